The van der Waals surface area contributed by atoms with Crippen molar-refractivity contribution in [3.8, 4) is 5.75 Å². The van der Waals surface area contributed by atoms with Crippen LogP contribution >= 0.6 is 0 Å². The quantitative estimate of drug-likeness (QED) is 0.823. The molecule has 0 saturated heterocycles. The van der Waals surface area contributed by atoms with E-state index in [1.807, 2.05) is 18.2 Å². The molecule has 0 saturated carbocycles. The van der Waals surface area contributed by atoms with Crippen molar-refractivity contribution in [2.24, 2.45) is 0 Å². The van der Waals surface area contributed by atoms with E-state index in [0.717, 1.165) is 25.2 Å². The Balaban J connectivity index is 2.32. The number of aromatic hydroxyl groups is 1. The molecule has 0 aliphatic rings. The first kappa shape index (κ1) is 14.0. The lowest BCUT2D eigenvalue weighted by Crippen LogP contribution is -2.40. The molecule has 0 bridgehead atoms. The molecule has 3 nitrogen and oxygen atoms in total. The highest BCUT2D eigenvalue weighted by atomic mass is 16.3. The molecule has 0 aromatic heterocycles. The molecular formula is C14H24N2O. The van der Waals surface area contributed by atoms with Gasteiger partial charge in [-0.05, 0) is 45.5 Å². The SMILES string of the molecule is CN(CCNC(C)(C)C)Cc1cccc(O)c1. The Bertz CT molecular complexity index is 344. The summed E-state index contributed by atoms with van der Waals surface area (Å²) >= 11 is 0. The van der Waals surface area contributed by atoms with Crippen molar-refractivity contribution in [1.82, 2.24) is 10.2 Å². The van der Waals surface area contributed by atoms with E-state index >= 15 is 0 Å². The number of phenols is 1. The average molecular weight is 236 g/mol. The molecule has 0 aliphatic carbocycles. The lowest BCUT2D eigenvalue weighted by molar-refractivity contribution is 0.303. The fourth-order valence-electron chi connectivity index (χ4n) is 1.67. The molecule has 0 unspecified atom stereocenters. The molecule has 1 rings (SSSR count). The van der Waals surface area contributed by atoms with Gasteiger partial charge in [0, 0.05) is 25.2 Å². The van der Waals surface area contributed by atoms with Crippen LogP contribution < -0.4 is 5.32 Å². The molecule has 96 valence electrons. The van der Waals surface area contributed by atoms with Gasteiger partial charge < -0.3 is 15.3 Å². The third-order valence-electron chi connectivity index (χ3n) is 2.51. The minimum atomic E-state index is 0.172. The zero-order chi connectivity index (χ0) is 12.9. The fourth-order valence-corrected chi connectivity index (χ4v) is 1.67. The standard InChI is InChI=1S/C14H24N2O/c1-14(2,3)15-8-9-16(4)11-12-6-5-7-13(17)10-12/h5-7,10,15,17H,8-9,11H2,1-4H3. The number of likely N-dealkylation sites (N-methyl/N-ethyl adjacent to an activating group) is 1. The van der Waals surface area contributed by atoms with Crippen molar-refractivity contribution < 1.29 is 5.11 Å². The summed E-state index contributed by atoms with van der Waals surface area (Å²) in [4.78, 5) is 2.24. The van der Waals surface area contributed by atoms with E-state index in [0.29, 0.717) is 5.75 Å². The molecule has 17 heavy (non-hydrogen) atoms. The number of hydrogen-bond acceptors (Lipinski definition) is 3. The Kier molecular flexibility index (Phi) is 4.97. The number of benzene rings is 1. The van der Waals surface area contributed by atoms with E-state index in [2.05, 4.69) is 38.0 Å². The maximum Gasteiger partial charge on any atom is 0.115 e. The van der Waals surface area contributed by atoms with Crippen LogP contribution in [-0.4, -0.2) is 35.7 Å². The van der Waals surface area contributed by atoms with Crippen LogP contribution in [0.5, 0.6) is 5.75 Å². The Morgan fingerprint density at radius 1 is 1.29 bits per heavy atom. The Morgan fingerprint density at radius 3 is 2.59 bits per heavy atom. The first-order valence-electron chi connectivity index (χ1n) is 6.08. The van der Waals surface area contributed by atoms with Gasteiger partial charge in [-0.3, -0.25) is 0 Å². The van der Waals surface area contributed by atoms with Crippen molar-refractivity contribution in [1.29, 1.82) is 0 Å². The van der Waals surface area contributed by atoms with Crippen LogP contribution in [0.3, 0.4) is 0 Å². The summed E-state index contributed by atoms with van der Waals surface area (Å²) in [6.45, 7) is 9.33. The minimum absolute atomic E-state index is 0.172. The molecule has 3 heteroatoms. The number of nitrogens with one attached hydrogen (secondary N) is 1. The predicted octanol–water partition coefficient (Wildman–Crippen LogP) is 2.21. The van der Waals surface area contributed by atoms with Gasteiger partial charge >= 0.3 is 0 Å². The summed E-state index contributed by atoms with van der Waals surface area (Å²) in [6.07, 6.45) is 0. The molecule has 0 amide bonds. The van der Waals surface area contributed by atoms with Crippen LogP contribution in [0, 0.1) is 0 Å². The number of nitrogens with zero attached hydrogens (tertiary/aromatic N) is 1. The largest absolute Gasteiger partial charge is 0.508 e. The van der Waals surface area contributed by atoms with Gasteiger partial charge in [-0.2, -0.15) is 0 Å². The first-order valence-corrected chi connectivity index (χ1v) is 6.08. The van der Waals surface area contributed by atoms with Crippen LogP contribution in [0.15, 0.2) is 24.3 Å². The number of rotatable bonds is 5. The Labute approximate surface area is 104 Å². The van der Waals surface area contributed by atoms with E-state index in [4.69, 9.17) is 0 Å². The summed E-state index contributed by atoms with van der Waals surface area (Å²) in [7, 11) is 2.09. The van der Waals surface area contributed by atoms with Gasteiger partial charge in [0.15, 0.2) is 0 Å². The normalized spacial score (nSPS) is 12.1. The second-order valence-corrected chi connectivity index (χ2v) is 5.58. The summed E-state index contributed by atoms with van der Waals surface area (Å²) < 4.78 is 0. The van der Waals surface area contributed by atoms with Crippen LogP contribution in [-0.2, 0) is 6.54 Å². The lowest BCUT2D eigenvalue weighted by Gasteiger charge is -2.23. The molecule has 0 spiro atoms. The van der Waals surface area contributed by atoms with Gasteiger partial charge in [0.2, 0.25) is 0 Å². The van der Waals surface area contributed by atoms with E-state index in [1.54, 1.807) is 6.07 Å². The van der Waals surface area contributed by atoms with E-state index < -0.39 is 0 Å². The summed E-state index contributed by atoms with van der Waals surface area (Å²) in [6, 6.07) is 7.43. The van der Waals surface area contributed by atoms with Crippen LogP contribution in [0.2, 0.25) is 0 Å². The first-order chi connectivity index (χ1) is 7.87. The van der Waals surface area contributed by atoms with Crippen molar-refractivity contribution in [3.63, 3.8) is 0 Å². The van der Waals surface area contributed by atoms with Crippen molar-refractivity contribution in [2.45, 2.75) is 32.9 Å². The molecule has 1 aromatic carbocycles. The predicted molar refractivity (Wildman–Crippen MR) is 72.2 cm³/mol. The van der Waals surface area contributed by atoms with Gasteiger partial charge in [-0.15, -0.1) is 0 Å². The second kappa shape index (κ2) is 6.03. The summed E-state index contributed by atoms with van der Waals surface area (Å²) in [5, 5.41) is 12.8. The van der Waals surface area contributed by atoms with E-state index in [1.165, 1.54) is 0 Å². The molecule has 0 heterocycles. The van der Waals surface area contributed by atoms with Gasteiger partial charge in [-0.25, -0.2) is 0 Å². The number of phenolic OH excluding ortho intramolecular Hbond substituents is 1. The van der Waals surface area contributed by atoms with E-state index in [9.17, 15) is 5.11 Å². The Morgan fingerprint density at radius 2 is 2.00 bits per heavy atom. The van der Waals surface area contributed by atoms with Crippen LogP contribution in [0.1, 0.15) is 26.3 Å². The van der Waals surface area contributed by atoms with Crippen molar-refractivity contribution >= 4 is 0 Å². The van der Waals surface area contributed by atoms with Crippen molar-refractivity contribution in [2.75, 3.05) is 20.1 Å². The van der Waals surface area contributed by atoms with Gasteiger partial charge in [0.25, 0.3) is 0 Å². The lowest BCUT2D eigenvalue weighted by atomic mass is 10.1. The van der Waals surface area contributed by atoms with Crippen LogP contribution in [0.25, 0.3) is 0 Å². The van der Waals surface area contributed by atoms with Crippen molar-refractivity contribution in [3.05, 3.63) is 29.8 Å². The maximum atomic E-state index is 9.38. The Hall–Kier alpha value is -1.06. The average Bonchev–Trinajstić information content (AvgIpc) is 2.15. The van der Waals surface area contributed by atoms with Gasteiger partial charge in [0.1, 0.15) is 5.75 Å². The molecular weight excluding hydrogens is 212 g/mol. The topological polar surface area (TPSA) is 35.5 Å². The molecule has 2 N–H and O–H groups in total. The molecule has 0 radical (unpaired) electrons. The molecule has 0 atom stereocenters. The highest BCUT2D eigenvalue weighted by molar-refractivity contribution is 5.26. The highest BCUT2D eigenvalue weighted by Crippen LogP contribution is 2.12. The van der Waals surface area contributed by atoms with Gasteiger partial charge in [-0.1, -0.05) is 12.1 Å². The summed E-state index contributed by atoms with van der Waals surface area (Å²) in [5.41, 5.74) is 1.31. The highest BCUT2D eigenvalue weighted by Gasteiger charge is 2.08. The summed E-state index contributed by atoms with van der Waals surface area (Å²) in [5.74, 6) is 0.337. The second-order valence-electron chi connectivity index (χ2n) is 5.58. The molecule has 0 fully saturated rings. The van der Waals surface area contributed by atoms with E-state index in [-0.39, 0.29) is 5.54 Å². The smallest absolute Gasteiger partial charge is 0.115 e. The minimum Gasteiger partial charge on any atom is -0.508 e. The number of hydrogen-bond donors (Lipinski definition) is 2. The monoisotopic (exact) mass is 236 g/mol. The molecule has 0 aliphatic heterocycles. The zero-order valence-corrected chi connectivity index (χ0v) is 11.3. The molecule has 1 aromatic rings. The zero-order valence-electron chi connectivity index (χ0n) is 11.3. The van der Waals surface area contributed by atoms with Crippen LogP contribution in [0.4, 0.5) is 0 Å². The van der Waals surface area contributed by atoms with Gasteiger partial charge in [0.05, 0.1) is 0 Å². The third kappa shape index (κ3) is 6.29. The third-order valence-corrected chi connectivity index (χ3v) is 2.51. The fraction of sp³-hybridized carbons (Fsp3) is 0.571. The maximum absolute atomic E-state index is 9.38.